The number of carbonyl (C=O) groups excluding carboxylic acids is 2. The number of hydrogen-bond acceptors (Lipinski definition) is 7. The van der Waals surface area contributed by atoms with E-state index >= 15 is 0 Å². The van der Waals surface area contributed by atoms with Crippen LogP contribution in [-0.2, 0) is 32.7 Å². The average molecular weight is 675 g/mol. The molecular weight excluding hydrogens is 603 g/mol. The van der Waals surface area contributed by atoms with E-state index in [0.717, 1.165) is 58.5 Å². The third-order valence-electron chi connectivity index (χ3n) is 8.26. The topological polar surface area (TPSA) is 108 Å². The van der Waals surface area contributed by atoms with E-state index in [0.29, 0.717) is 12.8 Å². The monoisotopic (exact) mass is 674 g/mol. The van der Waals surface area contributed by atoms with E-state index in [1.165, 1.54) is 103 Å². The van der Waals surface area contributed by atoms with Crippen molar-refractivity contribution < 1.29 is 37.6 Å². The van der Waals surface area contributed by atoms with Crippen LogP contribution in [0.1, 0.15) is 187 Å². The fourth-order valence-corrected chi connectivity index (χ4v) is 5.76. The van der Waals surface area contributed by atoms with Crippen LogP contribution in [0.25, 0.3) is 0 Å². The van der Waals surface area contributed by atoms with Gasteiger partial charge in [0.25, 0.3) is 0 Å². The van der Waals surface area contributed by atoms with Crippen LogP contribution < -0.4 is 0 Å². The normalized spacial score (nSPS) is 13.6. The zero-order valence-corrected chi connectivity index (χ0v) is 30.9. The lowest BCUT2D eigenvalue weighted by Gasteiger charge is -2.19. The molecule has 9 heteroatoms. The van der Waals surface area contributed by atoms with E-state index in [1.54, 1.807) is 0 Å². The summed E-state index contributed by atoms with van der Waals surface area (Å²) in [5.74, 6) is -0.808. The van der Waals surface area contributed by atoms with E-state index in [-0.39, 0.29) is 19.0 Å². The molecular formula is C37H71O8P. The van der Waals surface area contributed by atoms with Gasteiger partial charge in [0.15, 0.2) is 6.10 Å². The van der Waals surface area contributed by atoms with Crippen LogP contribution in [0.15, 0.2) is 12.2 Å². The molecule has 0 saturated carbocycles. The predicted molar refractivity (Wildman–Crippen MR) is 189 cm³/mol. The summed E-state index contributed by atoms with van der Waals surface area (Å²) in [5, 5.41) is 0. The lowest BCUT2D eigenvalue weighted by atomic mass is 10.0. The molecule has 0 aromatic carbocycles. The van der Waals surface area contributed by atoms with Crippen LogP contribution in [0.4, 0.5) is 0 Å². The minimum atomic E-state index is -4.25. The Kier molecular flexibility index (Phi) is 32.8. The van der Waals surface area contributed by atoms with Crippen LogP contribution in [-0.4, -0.2) is 43.3 Å². The molecule has 0 aromatic rings. The number of phosphoric ester groups is 1. The van der Waals surface area contributed by atoms with Crippen molar-refractivity contribution in [3.63, 3.8) is 0 Å². The van der Waals surface area contributed by atoms with Crippen LogP contribution in [0.5, 0.6) is 0 Å². The van der Waals surface area contributed by atoms with Crippen molar-refractivity contribution in [2.24, 2.45) is 0 Å². The Morgan fingerprint density at radius 3 is 1.46 bits per heavy atom. The molecule has 0 rings (SSSR count). The Hall–Kier alpha value is -1.21. The van der Waals surface area contributed by atoms with Gasteiger partial charge in [-0.15, -0.1) is 0 Å². The second kappa shape index (κ2) is 33.7. The van der Waals surface area contributed by atoms with E-state index in [1.807, 2.05) is 0 Å². The van der Waals surface area contributed by atoms with E-state index < -0.39 is 26.5 Å². The number of ether oxygens (including phenoxy) is 2. The van der Waals surface area contributed by atoms with Crippen molar-refractivity contribution in [2.75, 3.05) is 20.3 Å². The predicted octanol–water partition coefficient (Wildman–Crippen LogP) is 11.3. The van der Waals surface area contributed by atoms with Crippen LogP contribution in [0.3, 0.4) is 0 Å². The van der Waals surface area contributed by atoms with Crippen LogP contribution in [0.2, 0.25) is 0 Å². The molecule has 2 atom stereocenters. The summed E-state index contributed by atoms with van der Waals surface area (Å²) in [6, 6.07) is 0. The molecule has 0 aromatic heterocycles. The minimum Gasteiger partial charge on any atom is -0.462 e. The first kappa shape index (κ1) is 44.8. The Labute approximate surface area is 282 Å². The van der Waals surface area contributed by atoms with Crippen molar-refractivity contribution in [1.82, 2.24) is 0 Å². The second-order valence-electron chi connectivity index (χ2n) is 12.7. The molecule has 0 radical (unpaired) electrons. The first-order valence-electron chi connectivity index (χ1n) is 18.9. The number of unbranched alkanes of at least 4 members (excludes halogenated alkanes) is 22. The summed E-state index contributed by atoms with van der Waals surface area (Å²) in [6.07, 6.45) is 34.0. The van der Waals surface area contributed by atoms with Crippen molar-refractivity contribution in [1.29, 1.82) is 0 Å². The summed E-state index contributed by atoms with van der Waals surface area (Å²) >= 11 is 0. The number of rotatable bonds is 35. The zero-order chi connectivity index (χ0) is 34.0. The molecule has 8 nitrogen and oxygen atoms in total. The molecule has 0 spiro atoms. The summed E-state index contributed by atoms with van der Waals surface area (Å²) in [5.41, 5.74) is 0. The molecule has 1 N–H and O–H groups in total. The number of esters is 2. The molecule has 272 valence electrons. The van der Waals surface area contributed by atoms with Gasteiger partial charge in [-0.2, -0.15) is 0 Å². The maximum absolute atomic E-state index is 12.4. The Bertz CT molecular complexity index is 772. The minimum absolute atomic E-state index is 0.223. The first-order chi connectivity index (χ1) is 22.3. The van der Waals surface area contributed by atoms with Gasteiger partial charge in [0.05, 0.1) is 6.61 Å². The Balaban J connectivity index is 4.03. The largest absolute Gasteiger partial charge is 0.472 e. The summed E-state index contributed by atoms with van der Waals surface area (Å²) in [7, 11) is -3.19. The highest BCUT2D eigenvalue weighted by Crippen LogP contribution is 2.42. The quantitative estimate of drug-likeness (QED) is 0.0306. The molecule has 0 bridgehead atoms. The third kappa shape index (κ3) is 32.7. The van der Waals surface area contributed by atoms with Crippen molar-refractivity contribution in [3.05, 3.63) is 12.2 Å². The molecule has 0 aliphatic heterocycles. The number of hydrogen-bond donors (Lipinski definition) is 1. The van der Waals surface area contributed by atoms with Crippen LogP contribution >= 0.6 is 7.82 Å². The molecule has 0 heterocycles. The van der Waals surface area contributed by atoms with Gasteiger partial charge in [0.1, 0.15) is 6.61 Å². The van der Waals surface area contributed by atoms with Gasteiger partial charge < -0.3 is 14.4 Å². The lowest BCUT2D eigenvalue weighted by Crippen LogP contribution is -2.29. The Morgan fingerprint density at radius 2 is 0.978 bits per heavy atom. The lowest BCUT2D eigenvalue weighted by molar-refractivity contribution is -0.161. The average Bonchev–Trinajstić information content (AvgIpc) is 3.04. The molecule has 0 fully saturated rings. The Morgan fingerprint density at radius 1 is 0.587 bits per heavy atom. The first-order valence-corrected chi connectivity index (χ1v) is 20.4. The smallest absolute Gasteiger partial charge is 0.462 e. The van der Waals surface area contributed by atoms with Crippen molar-refractivity contribution >= 4 is 19.8 Å². The summed E-state index contributed by atoms with van der Waals surface area (Å²) in [6.45, 7) is 3.85. The summed E-state index contributed by atoms with van der Waals surface area (Å²) in [4.78, 5) is 34.3. The number of allylic oxidation sites excluding steroid dienone is 2. The van der Waals surface area contributed by atoms with Crippen LogP contribution in [0, 0.1) is 0 Å². The highest BCUT2D eigenvalue weighted by Gasteiger charge is 2.24. The van der Waals surface area contributed by atoms with E-state index in [9.17, 15) is 19.0 Å². The molecule has 0 aliphatic rings. The number of carbonyl (C=O) groups is 2. The SMILES string of the molecule is CCCCC/C=C\CCCCCCCC(=O)OC(COC(=O)CCCCCCCCCCCCCCCCC)COP(=O)(O)OC. The molecule has 46 heavy (non-hydrogen) atoms. The maximum atomic E-state index is 12.4. The van der Waals surface area contributed by atoms with Gasteiger partial charge in [-0.05, 0) is 38.5 Å². The molecule has 0 saturated heterocycles. The van der Waals surface area contributed by atoms with Gasteiger partial charge in [-0.3, -0.25) is 18.6 Å². The standard InChI is InChI=1S/C37H71O8P/c1-4-6-8-10-12-14-16-18-19-20-22-23-25-27-29-31-36(38)43-33-35(34-44-46(40,41)42-3)45-37(39)32-30-28-26-24-21-17-15-13-11-9-7-5-2/h13,15,35H,4-12,14,16-34H2,1-3H3,(H,40,41)/b15-13-. The number of phosphoric acid groups is 1. The summed E-state index contributed by atoms with van der Waals surface area (Å²) < 4.78 is 31.8. The fraction of sp³-hybridized carbons (Fsp3) is 0.892. The molecule has 0 amide bonds. The van der Waals surface area contributed by atoms with Crippen molar-refractivity contribution in [2.45, 2.75) is 193 Å². The van der Waals surface area contributed by atoms with E-state index in [2.05, 4.69) is 30.5 Å². The van der Waals surface area contributed by atoms with Gasteiger partial charge in [0, 0.05) is 20.0 Å². The molecule has 2 unspecified atom stereocenters. The third-order valence-corrected chi connectivity index (χ3v) is 9.20. The highest BCUT2D eigenvalue weighted by atomic mass is 31.2. The second-order valence-corrected chi connectivity index (χ2v) is 14.3. The van der Waals surface area contributed by atoms with Gasteiger partial charge in [-0.1, -0.05) is 148 Å². The highest BCUT2D eigenvalue weighted by molar-refractivity contribution is 7.47. The van der Waals surface area contributed by atoms with E-state index in [4.69, 9.17) is 14.0 Å². The van der Waals surface area contributed by atoms with Gasteiger partial charge in [0.2, 0.25) is 0 Å². The van der Waals surface area contributed by atoms with Gasteiger partial charge in [-0.25, -0.2) is 4.57 Å². The molecule has 0 aliphatic carbocycles. The maximum Gasteiger partial charge on any atom is 0.472 e. The van der Waals surface area contributed by atoms with Crippen molar-refractivity contribution in [3.8, 4) is 0 Å². The van der Waals surface area contributed by atoms with Gasteiger partial charge >= 0.3 is 19.8 Å². The zero-order valence-electron chi connectivity index (χ0n) is 30.0. The fourth-order valence-electron chi connectivity index (χ4n) is 5.30.